The molecule has 0 amide bonds. The molecule has 0 aliphatic rings. The van der Waals surface area contributed by atoms with E-state index in [-0.39, 0.29) is 22.2 Å². The lowest BCUT2D eigenvalue weighted by Gasteiger charge is -2.21. The quantitative estimate of drug-likeness (QED) is 0.615. The van der Waals surface area contributed by atoms with E-state index in [1.54, 1.807) is 0 Å². The monoisotopic (exact) mass is 407 g/mol. The molecular weight excluding hydrogens is 391 g/mol. The maximum absolute atomic E-state index is 13.1. The van der Waals surface area contributed by atoms with Crippen molar-refractivity contribution in [2.45, 2.75) is 12.7 Å². The van der Waals surface area contributed by atoms with Crippen LogP contribution in [0.4, 0.5) is 36.2 Å². The Balaban J connectivity index is 1.86. The van der Waals surface area contributed by atoms with Crippen LogP contribution < -0.4 is 16.0 Å². The molecule has 146 valence electrons. The number of benzene rings is 2. The molecule has 0 saturated heterocycles. The van der Waals surface area contributed by atoms with Gasteiger partial charge in [-0.05, 0) is 23.8 Å². The van der Waals surface area contributed by atoms with Gasteiger partial charge in [-0.2, -0.15) is 13.2 Å². The fraction of sp³-hybridized carbons (Fsp3) is 0.158. The average molecular weight is 408 g/mol. The third-order valence-electron chi connectivity index (χ3n) is 4.02. The summed E-state index contributed by atoms with van der Waals surface area (Å²) in [5.74, 6) is 0.673. The lowest BCUT2D eigenvalue weighted by molar-refractivity contribution is -0.137. The average Bonchev–Trinajstić information content (AvgIpc) is 2.64. The highest BCUT2D eigenvalue weighted by molar-refractivity contribution is 6.31. The second-order valence-corrected chi connectivity index (χ2v) is 6.53. The van der Waals surface area contributed by atoms with E-state index in [1.807, 2.05) is 42.3 Å². The number of alkyl halides is 3. The third kappa shape index (κ3) is 4.45. The van der Waals surface area contributed by atoms with Crippen molar-refractivity contribution in [3.63, 3.8) is 0 Å². The first-order valence-corrected chi connectivity index (χ1v) is 8.63. The van der Waals surface area contributed by atoms with E-state index in [4.69, 9.17) is 17.3 Å². The molecule has 0 bridgehead atoms. The molecule has 0 spiro atoms. The molecule has 0 aliphatic carbocycles. The standard InChI is InChI=1S/C19H17ClF3N5/c1-28(10-12-5-3-2-4-6-12)18-16(24)17(25-11-26-18)27-13-7-8-15(20)14(9-13)19(21,22)23/h2-9,11H,10,24H2,1H3,(H,25,26,27). The molecular formula is C19H17ClF3N5. The van der Waals surface area contributed by atoms with Gasteiger partial charge >= 0.3 is 6.18 Å². The number of rotatable bonds is 5. The van der Waals surface area contributed by atoms with Crippen molar-refractivity contribution in [3.8, 4) is 0 Å². The fourth-order valence-corrected chi connectivity index (χ4v) is 2.90. The highest BCUT2D eigenvalue weighted by Gasteiger charge is 2.33. The molecule has 5 nitrogen and oxygen atoms in total. The second-order valence-electron chi connectivity index (χ2n) is 6.12. The van der Waals surface area contributed by atoms with E-state index >= 15 is 0 Å². The summed E-state index contributed by atoms with van der Waals surface area (Å²) >= 11 is 5.65. The van der Waals surface area contributed by atoms with Crippen molar-refractivity contribution < 1.29 is 13.2 Å². The van der Waals surface area contributed by atoms with E-state index in [9.17, 15) is 13.2 Å². The van der Waals surface area contributed by atoms with Crippen LogP contribution in [0.2, 0.25) is 5.02 Å². The normalized spacial score (nSPS) is 11.3. The minimum absolute atomic E-state index is 0.166. The molecule has 3 N–H and O–H groups in total. The molecule has 0 atom stereocenters. The number of aromatic nitrogens is 2. The number of nitrogen functional groups attached to an aromatic ring is 1. The summed E-state index contributed by atoms with van der Waals surface area (Å²) in [5.41, 5.74) is 6.68. The van der Waals surface area contributed by atoms with Gasteiger partial charge in [-0.15, -0.1) is 0 Å². The zero-order valence-corrected chi connectivity index (χ0v) is 15.6. The number of hydrogen-bond acceptors (Lipinski definition) is 5. The first-order chi connectivity index (χ1) is 13.3. The van der Waals surface area contributed by atoms with Crippen LogP contribution in [0.25, 0.3) is 0 Å². The van der Waals surface area contributed by atoms with E-state index in [1.165, 1.54) is 18.5 Å². The molecule has 0 aliphatic heterocycles. The van der Waals surface area contributed by atoms with Gasteiger partial charge in [-0.3, -0.25) is 0 Å². The van der Waals surface area contributed by atoms with Crippen LogP contribution in [-0.2, 0) is 12.7 Å². The van der Waals surface area contributed by atoms with Gasteiger partial charge in [-0.1, -0.05) is 41.9 Å². The number of nitrogens with zero attached hydrogens (tertiary/aromatic N) is 3. The molecule has 0 radical (unpaired) electrons. The van der Waals surface area contributed by atoms with E-state index < -0.39 is 11.7 Å². The SMILES string of the molecule is CN(Cc1ccccc1)c1ncnc(Nc2ccc(Cl)c(C(F)(F)F)c2)c1N. The van der Waals surface area contributed by atoms with Crippen LogP contribution in [0.3, 0.4) is 0 Å². The van der Waals surface area contributed by atoms with Crippen LogP contribution in [0.1, 0.15) is 11.1 Å². The number of hydrogen-bond donors (Lipinski definition) is 2. The maximum Gasteiger partial charge on any atom is 0.417 e. The fourth-order valence-electron chi connectivity index (χ4n) is 2.68. The number of anilines is 4. The topological polar surface area (TPSA) is 67.1 Å². The van der Waals surface area contributed by atoms with Crippen molar-refractivity contribution >= 4 is 34.6 Å². The first-order valence-electron chi connectivity index (χ1n) is 8.25. The zero-order chi connectivity index (χ0) is 20.3. The van der Waals surface area contributed by atoms with Gasteiger partial charge in [0.05, 0.1) is 10.6 Å². The van der Waals surface area contributed by atoms with E-state index in [0.717, 1.165) is 11.6 Å². The number of nitrogens with one attached hydrogen (secondary N) is 1. The molecule has 28 heavy (non-hydrogen) atoms. The van der Waals surface area contributed by atoms with Crippen molar-refractivity contribution in [1.29, 1.82) is 0 Å². The summed E-state index contributed by atoms with van der Waals surface area (Å²) < 4.78 is 39.2. The Morgan fingerprint density at radius 2 is 1.82 bits per heavy atom. The molecule has 3 rings (SSSR count). The van der Waals surface area contributed by atoms with Gasteiger partial charge in [0.25, 0.3) is 0 Å². The van der Waals surface area contributed by atoms with Crippen molar-refractivity contribution in [3.05, 3.63) is 71.0 Å². The number of nitrogens with two attached hydrogens (primary N) is 1. The van der Waals surface area contributed by atoms with Crippen molar-refractivity contribution in [2.24, 2.45) is 0 Å². The summed E-state index contributed by atoms with van der Waals surface area (Å²) in [4.78, 5) is 10.1. The van der Waals surface area contributed by atoms with Gasteiger partial charge < -0.3 is 16.0 Å². The minimum atomic E-state index is -4.56. The molecule has 0 fully saturated rings. The Morgan fingerprint density at radius 3 is 2.50 bits per heavy atom. The van der Waals surface area contributed by atoms with Gasteiger partial charge in [-0.25, -0.2) is 9.97 Å². The van der Waals surface area contributed by atoms with Crippen LogP contribution in [0, 0.1) is 0 Å². The molecule has 0 unspecified atom stereocenters. The van der Waals surface area contributed by atoms with Crippen LogP contribution in [0.5, 0.6) is 0 Å². The van der Waals surface area contributed by atoms with Gasteiger partial charge in [0.1, 0.15) is 12.0 Å². The molecule has 1 heterocycles. The Hall–Kier alpha value is -3.00. The molecule has 9 heteroatoms. The van der Waals surface area contributed by atoms with Gasteiger partial charge in [0.2, 0.25) is 0 Å². The zero-order valence-electron chi connectivity index (χ0n) is 14.8. The second kappa shape index (κ2) is 7.93. The van der Waals surface area contributed by atoms with Crippen molar-refractivity contribution in [2.75, 3.05) is 23.0 Å². The molecule has 1 aromatic heterocycles. The van der Waals surface area contributed by atoms with Gasteiger partial charge in [0, 0.05) is 19.3 Å². The smallest absolute Gasteiger partial charge is 0.393 e. The lowest BCUT2D eigenvalue weighted by Crippen LogP contribution is -2.20. The predicted octanol–water partition coefficient (Wildman–Crippen LogP) is 5.11. The predicted molar refractivity (Wildman–Crippen MR) is 105 cm³/mol. The molecule has 3 aromatic rings. The first kappa shape index (κ1) is 19.8. The summed E-state index contributed by atoms with van der Waals surface area (Å²) in [6, 6.07) is 13.2. The van der Waals surface area contributed by atoms with Crippen LogP contribution in [-0.4, -0.2) is 17.0 Å². The largest absolute Gasteiger partial charge is 0.417 e. The Morgan fingerprint density at radius 1 is 1.11 bits per heavy atom. The van der Waals surface area contributed by atoms with Crippen LogP contribution >= 0.6 is 11.6 Å². The molecule has 2 aromatic carbocycles. The Kier molecular flexibility index (Phi) is 5.60. The molecule has 0 saturated carbocycles. The third-order valence-corrected chi connectivity index (χ3v) is 4.35. The number of halogens is 4. The highest BCUT2D eigenvalue weighted by Crippen LogP contribution is 2.37. The Labute approximate surface area is 165 Å². The summed E-state index contributed by atoms with van der Waals surface area (Å²) in [5, 5.41) is 2.43. The maximum atomic E-state index is 13.1. The van der Waals surface area contributed by atoms with Crippen molar-refractivity contribution in [1.82, 2.24) is 9.97 Å². The minimum Gasteiger partial charge on any atom is -0.393 e. The Bertz CT molecular complexity index is 964. The summed E-state index contributed by atoms with van der Waals surface area (Å²) in [7, 11) is 1.82. The van der Waals surface area contributed by atoms with Gasteiger partial charge in [0.15, 0.2) is 11.6 Å². The van der Waals surface area contributed by atoms with E-state index in [2.05, 4.69) is 15.3 Å². The van der Waals surface area contributed by atoms with E-state index in [0.29, 0.717) is 12.4 Å². The summed E-state index contributed by atoms with van der Waals surface area (Å²) in [6.45, 7) is 0.556. The highest BCUT2D eigenvalue weighted by atomic mass is 35.5. The lowest BCUT2D eigenvalue weighted by atomic mass is 10.2. The van der Waals surface area contributed by atoms with Crippen LogP contribution in [0.15, 0.2) is 54.9 Å². The summed E-state index contributed by atoms with van der Waals surface area (Å²) in [6.07, 6.45) is -3.26.